The van der Waals surface area contributed by atoms with Crippen LogP contribution in [0, 0.1) is 0 Å². The van der Waals surface area contributed by atoms with Crippen molar-refractivity contribution in [2.45, 2.75) is 13.5 Å². The molecule has 0 aliphatic heterocycles. The number of rotatable bonds is 4. The lowest BCUT2D eigenvalue weighted by Gasteiger charge is -2.06. The van der Waals surface area contributed by atoms with Gasteiger partial charge in [-0.05, 0) is 24.1 Å². The highest BCUT2D eigenvalue weighted by molar-refractivity contribution is 5.98. The second-order valence-corrected chi connectivity index (χ2v) is 3.40. The number of nitrogens with zero attached hydrogens (tertiary/aromatic N) is 1. The van der Waals surface area contributed by atoms with Gasteiger partial charge < -0.3 is 14.9 Å². The molecule has 1 aromatic rings. The van der Waals surface area contributed by atoms with Gasteiger partial charge in [-0.25, -0.2) is 4.79 Å². The highest BCUT2D eigenvalue weighted by atomic mass is 16.6. The molecule has 1 amide bonds. The summed E-state index contributed by atoms with van der Waals surface area (Å²) in [6.07, 6.45) is -0.447. The number of amides is 1. The monoisotopic (exact) mass is 236 g/mol. The van der Waals surface area contributed by atoms with E-state index in [4.69, 9.17) is 4.84 Å². The van der Waals surface area contributed by atoms with Crippen molar-refractivity contribution in [1.82, 2.24) is 5.32 Å². The Labute approximate surface area is 100 Å². The Morgan fingerprint density at radius 2 is 2.18 bits per heavy atom. The smallest absolute Gasteiger partial charge is 0.407 e. The SMILES string of the molecule is CON=C(C)c1cccc(CNC(=O)OC)c1. The third-order valence-corrected chi connectivity index (χ3v) is 2.20. The van der Waals surface area contributed by atoms with Gasteiger partial charge in [-0.2, -0.15) is 0 Å². The van der Waals surface area contributed by atoms with Crippen LogP contribution in [0.2, 0.25) is 0 Å². The molecule has 5 heteroatoms. The van der Waals surface area contributed by atoms with Gasteiger partial charge in [0.1, 0.15) is 7.11 Å². The molecular weight excluding hydrogens is 220 g/mol. The van der Waals surface area contributed by atoms with Gasteiger partial charge in [0, 0.05) is 6.54 Å². The van der Waals surface area contributed by atoms with Crippen molar-refractivity contribution < 1.29 is 14.4 Å². The molecule has 92 valence electrons. The predicted molar refractivity (Wildman–Crippen MR) is 64.9 cm³/mol. The van der Waals surface area contributed by atoms with E-state index in [-0.39, 0.29) is 0 Å². The lowest BCUT2D eigenvalue weighted by molar-refractivity contribution is 0.170. The summed E-state index contributed by atoms with van der Waals surface area (Å²) in [5, 5.41) is 6.47. The molecule has 0 bridgehead atoms. The van der Waals surface area contributed by atoms with E-state index in [2.05, 4.69) is 15.2 Å². The second kappa shape index (κ2) is 6.52. The standard InChI is InChI=1S/C12H16N2O3/c1-9(14-17-3)11-6-4-5-10(7-11)8-13-12(15)16-2/h4-7H,8H2,1-3H3,(H,13,15). The van der Waals surface area contributed by atoms with Gasteiger partial charge in [0.2, 0.25) is 0 Å². The molecule has 1 aromatic carbocycles. The van der Waals surface area contributed by atoms with E-state index >= 15 is 0 Å². The van der Waals surface area contributed by atoms with Crippen molar-refractivity contribution in [3.8, 4) is 0 Å². The lowest BCUT2D eigenvalue weighted by atomic mass is 10.1. The Bertz CT molecular complexity index is 416. The van der Waals surface area contributed by atoms with E-state index in [1.165, 1.54) is 14.2 Å². The van der Waals surface area contributed by atoms with Crippen molar-refractivity contribution in [3.05, 3.63) is 35.4 Å². The van der Waals surface area contributed by atoms with Crippen LogP contribution in [0.25, 0.3) is 0 Å². The van der Waals surface area contributed by atoms with Crippen LogP contribution in [0.1, 0.15) is 18.1 Å². The van der Waals surface area contributed by atoms with Crippen LogP contribution in [0.15, 0.2) is 29.4 Å². The molecule has 0 fully saturated rings. The maximum Gasteiger partial charge on any atom is 0.407 e. The second-order valence-electron chi connectivity index (χ2n) is 3.40. The van der Waals surface area contributed by atoms with Crippen LogP contribution in [0.3, 0.4) is 0 Å². The molecule has 17 heavy (non-hydrogen) atoms. The number of methoxy groups -OCH3 is 1. The van der Waals surface area contributed by atoms with Crippen LogP contribution >= 0.6 is 0 Å². The summed E-state index contributed by atoms with van der Waals surface area (Å²) in [5.41, 5.74) is 2.71. The molecule has 0 unspecified atom stereocenters. The van der Waals surface area contributed by atoms with Crippen molar-refractivity contribution in [3.63, 3.8) is 0 Å². The maximum absolute atomic E-state index is 10.9. The molecule has 0 saturated heterocycles. The summed E-state index contributed by atoms with van der Waals surface area (Å²) in [4.78, 5) is 15.6. The Kier molecular flexibility index (Phi) is 5.00. The number of hydrogen-bond acceptors (Lipinski definition) is 4. The summed E-state index contributed by atoms with van der Waals surface area (Å²) >= 11 is 0. The number of nitrogens with one attached hydrogen (secondary N) is 1. The first-order valence-electron chi connectivity index (χ1n) is 5.16. The molecule has 0 aliphatic rings. The molecule has 0 saturated carbocycles. The summed E-state index contributed by atoms with van der Waals surface area (Å²) in [6.45, 7) is 2.27. The zero-order valence-corrected chi connectivity index (χ0v) is 10.2. The minimum absolute atomic E-state index is 0.417. The summed E-state index contributed by atoms with van der Waals surface area (Å²) in [6, 6.07) is 7.69. The Morgan fingerprint density at radius 1 is 1.41 bits per heavy atom. The topological polar surface area (TPSA) is 59.9 Å². The largest absolute Gasteiger partial charge is 0.453 e. The minimum atomic E-state index is -0.447. The van der Waals surface area contributed by atoms with Gasteiger partial charge in [0.15, 0.2) is 0 Å². The fourth-order valence-electron chi connectivity index (χ4n) is 1.34. The van der Waals surface area contributed by atoms with Crippen LogP contribution in [0.5, 0.6) is 0 Å². The van der Waals surface area contributed by atoms with E-state index in [1.807, 2.05) is 31.2 Å². The fraction of sp³-hybridized carbons (Fsp3) is 0.333. The Morgan fingerprint density at radius 3 is 2.82 bits per heavy atom. The highest BCUT2D eigenvalue weighted by Crippen LogP contribution is 2.07. The van der Waals surface area contributed by atoms with Gasteiger partial charge in [0.05, 0.1) is 12.8 Å². The molecular formula is C12H16N2O3. The first kappa shape index (κ1) is 13.0. The molecule has 0 aliphatic carbocycles. The molecule has 5 nitrogen and oxygen atoms in total. The van der Waals surface area contributed by atoms with Crippen LogP contribution in [0.4, 0.5) is 4.79 Å². The first-order valence-corrected chi connectivity index (χ1v) is 5.16. The lowest BCUT2D eigenvalue weighted by Crippen LogP contribution is -2.22. The average Bonchev–Trinajstić information content (AvgIpc) is 2.36. The Balaban J connectivity index is 2.72. The number of oxime groups is 1. The predicted octanol–water partition coefficient (Wildman–Crippen LogP) is 1.91. The zero-order valence-electron chi connectivity index (χ0n) is 10.2. The third kappa shape index (κ3) is 4.14. The fourth-order valence-corrected chi connectivity index (χ4v) is 1.34. The van der Waals surface area contributed by atoms with E-state index in [1.54, 1.807) is 0 Å². The number of benzene rings is 1. The van der Waals surface area contributed by atoms with E-state index in [0.717, 1.165) is 16.8 Å². The van der Waals surface area contributed by atoms with E-state index < -0.39 is 6.09 Å². The third-order valence-electron chi connectivity index (χ3n) is 2.20. The average molecular weight is 236 g/mol. The molecule has 1 rings (SSSR count). The van der Waals surface area contributed by atoms with Gasteiger partial charge in [-0.15, -0.1) is 0 Å². The quantitative estimate of drug-likeness (QED) is 0.641. The van der Waals surface area contributed by atoms with Gasteiger partial charge in [0.25, 0.3) is 0 Å². The highest BCUT2D eigenvalue weighted by Gasteiger charge is 2.02. The van der Waals surface area contributed by atoms with E-state index in [0.29, 0.717) is 6.54 Å². The number of carbonyl (C=O) groups excluding carboxylic acids is 1. The number of alkyl carbamates (subject to hydrolysis) is 1. The van der Waals surface area contributed by atoms with E-state index in [9.17, 15) is 4.79 Å². The summed E-state index contributed by atoms with van der Waals surface area (Å²) in [7, 11) is 2.84. The van der Waals surface area contributed by atoms with Crippen LogP contribution in [-0.4, -0.2) is 26.0 Å². The van der Waals surface area contributed by atoms with Crippen LogP contribution < -0.4 is 5.32 Å². The van der Waals surface area contributed by atoms with Crippen molar-refractivity contribution in [2.75, 3.05) is 14.2 Å². The van der Waals surface area contributed by atoms with Crippen molar-refractivity contribution in [2.24, 2.45) is 5.16 Å². The minimum Gasteiger partial charge on any atom is -0.453 e. The molecule has 0 radical (unpaired) electrons. The van der Waals surface area contributed by atoms with Crippen molar-refractivity contribution in [1.29, 1.82) is 0 Å². The number of hydrogen-bond donors (Lipinski definition) is 1. The van der Waals surface area contributed by atoms with Gasteiger partial charge in [-0.3, -0.25) is 0 Å². The molecule has 0 spiro atoms. The summed E-state index contributed by atoms with van der Waals surface area (Å²) in [5.74, 6) is 0. The normalized spacial score (nSPS) is 10.9. The Hall–Kier alpha value is -2.04. The number of ether oxygens (including phenoxy) is 1. The number of carbonyl (C=O) groups is 1. The first-order chi connectivity index (χ1) is 8.17. The zero-order chi connectivity index (χ0) is 12.7. The van der Waals surface area contributed by atoms with Gasteiger partial charge >= 0.3 is 6.09 Å². The molecule has 0 aromatic heterocycles. The maximum atomic E-state index is 10.9. The van der Waals surface area contributed by atoms with Crippen molar-refractivity contribution >= 4 is 11.8 Å². The molecule has 0 atom stereocenters. The van der Waals surface area contributed by atoms with Crippen LogP contribution in [-0.2, 0) is 16.1 Å². The van der Waals surface area contributed by atoms with Gasteiger partial charge in [-0.1, -0.05) is 23.4 Å². The molecule has 0 heterocycles. The molecule has 1 N–H and O–H groups in total. The summed E-state index contributed by atoms with van der Waals surface area (Å²) < 4.78 is 4.49.